The summed E-state index contributed by atoms with van der Waals surface area (Å²) in [6.45, 7) is 0. The molecule has 4 nitrogen and oxygen atoms in total. The summed E-state index contributed by atoms with van der Waals surface area (Å²) in [5, 5.41) is 12.0. The normalized spacial score (nSPS) is 11.8. The van der Waals surface area contributed by atoms with Crippen molar-refractivity contribution in [3.8, 4) is 39.9 Å². The van der Waals surface area contributed by atoms with E-state index >= 15 is 0 Å². The van der Waals surface area contributed by atoms with Gasteiger partial charge in [-0.25, -0.2) is 15.0 Å². The van der Waals surface area contributed by atoms with E-state index in [4.69, 9.17) is 15.0 Å². The van der Waals surface area contributed by atoms with Crippen LogP contribution in [0.1, 0.15) is 0 Å². The zero-order valence-corrected chi connectivity index (χ0v) is 28.6. The summed E-state index contributed by atoms with van der Waals surface area (Å²) in [7, 11) is 0. The summed E-state index contributed by atoms with van der Waals surface area (Å²) in [4.78, 5) is 15.5. The summed E-state index contributed by atoms with van der Waals surface area (Å²) >= 11 is 0. The zero-order chi connectivity index (χ0) is 34.9. The van der Waals surface area contributed by atoms with Gasteiger partial charge in [0.2, 0.25) is 0 Å². The molecule has 9 aromatic carbocycles. The van der Waals surface area contributed by atoms with Crippen molar-refractivity contribution >= 4 is 64.9 Å². The first-order chi connectivity index (χ1) is 26.3. The molecule has 0 saturated carbocycles. The summed E-state index contributed by atoms with van der Waals surface area (Å²) in [6.07, 6.45) is 0. The molecule has 0 aliphatic heterocycles. The topological polar surface area (TPSA) is 43.6 Å². The Morgan fingerprint density at radius 2 is 0.906 bits per heavy atom. The standard InChI is InChI=1S/C49H30N4/c1-2-12-34(13-3-1)47-50-48(36-26-23-32-22-25-33-24-21-31-11-4-5-15-39(31)46(33)43(32)30-36)52-49(51-47)42-18-10-14-35-29-37(27-28-38(35)42)53-44-19-8-6-16-40(44)41-17-7-9-20-45(41)53/h1-30H. The molecule has 0 unspecified atom stereocenters. The van der Waals surface area contributed by atoms with E-state index in [1.165, 1.54) is 54.1 Å². The highest BCUT2D eigenvalue weighted by atomic mass is 15.0. The second-order valence-electron chi connectivity index (χ2n) is 13.6. The molecular weight excluding hydrogens is 645 g/mol. The second kappa shape index (κ2) is 11.7. The van der Waals surface area contributed by atoms with Crippen molar-refractivity contribution in [3.05, 3.63) is 182 Å². The fraction of sp³-hybridized carbons (Fsp3) is 0. The lowest BCUT2D eigenvalue weighted by Gasteiger charge is -2.13. The Morgan fingerprint density at radius 3 is 1.68 bits per heavy atom. The average molecular weight is 675 g/mol. The summed E-state index contributed by atoms with van der Waals surface area (Å²) < 4.78 is 2.36. The first-order valence-corrected chi connectivity index (χ1v) is 17.9. The van der Waals surface area contributed by atoms with Crippen LogP contribution in [0.5, 0.6) is 0 Å². The summed E-state index contributed by atoms with van der Waals surface area (Å²) in [6, 6.07) is 64.6. The van der Waals surface area contributed by atoms with E-state index in [0.717, 1.165) is 33.2 Å². The molecule has 11 rings (SSSR count). The van der Waals surface area contributed by atoms with Crippen LogP contribution in [0.25, 0.3) is 105 Å². The first-order valence-electron chi connectivity index (χ1n) is 17.9. The van der Waals surface area contributed by atoms with Crippen LogP contribution >= 0.6 is 0 Å². The Labute approximate surface area is 305 Å². The van der Waals surface area contributed by atoms with Crippen molar-refractivity contribution in [2.45, 2.75) is 0 Å². The SMILES string of the molecule is c1ccc(-c2nc(-c3ccc4ccc5ccc6ccccc6c5c4c3)nc(-c3cccc4cc(-n5c6ccccc6c6ccccc65)ccc34)n2)cc1. The molecule has 0 radical (unpaired) electrons. The van der Waals surface area contributed by atoms with Gasteiger partial charge in [-0.2, -0.15) is 0 Å². The Balaban J connectivity index is 1.11. The number of hydrogen-bond donors (Lipinski definition) is 0. The zero-order valence-electron chi connectivity index (χ0n) is 28.6. The lowest BCUT2D eigenvalue weighted by atomic mass is 9.95. The number of hydrogen-bond acceptors (Lipinski definition) is 3. The van der Waals surface area contributed by atoms with Crippen LogP contribution in [0.15, 0.2) is 182 Å². The van der Waals surface area contributed by atoms with Crippen LogP contribution in [0, 0.1) is 0 Å². The van der Waals surface area contributed by atoms with Crippen LogP contribution in [0.3, 0.4) is 0 Å². The fourth-order valence-electron chi connectivity index (χ4n) is 8.11. The molecule has 53 heavy (non-hydrogen) atoms. The first kappa shape index (κ1) is 29.5. The van der Waals surface area contributed by atoms with Gasteiger partial charge in [0, 0.05) is 33.2 Å². The predicted molar refractivity (Wildman–Crippen MR) is 220 cm³/mol. The Morgan fingerprint density at radius 1 is 0.321 bits per heavy atom. The van der Waals surface area contributed by atoms with Gasteiger partial charge in [-0.05, 0) is 73.4 Å². The Kier molecular flexibility index (Phi) is 6.52. The number of rotatable bonds is 4. The van der Waals surface area contributed by atoms with Gasteiger partial charge >= 0.3 is 0 Å². The van der Waals surface area contributed by atoms with Crippen molar-refractivity contribution in [1.82, 2.24) is 19.5 Å². The minimum Gasteiger partial charge on any atom is -0.309 e. The molecule has 0 aliphatic carbocycles. The number of nitrogens with zero attached hydrogens (tertiary/aromatic N) is 4. The lowest BCUT2D eigenvalue weighted by molar-refractivity contribution is 1.08. The van der Waals surface area contributed by atoms with Crippen molar-refractivity contribution in [2.75, 3.05) is 0 Å². The fourth-order valence-corrected chi connectivity index (χ4v) is 8.11. The number of aromatic nitrogens is 4. The van der Waals surface area contributed by atoms with Crippen LogP contribution < -0.4 is 0 Å². The maximum absolute atomic E-state index is 5.23. The van der Waals surface area contributed by atoms with Gasteiger partial charge in [0.05, 0.1) is 11.0 Å². The molecule has 0 bridgehead atoms. The van der Waals surface area contributed by atoms with E-state index in [-0.39, 0.29) is 0 Å². The molecule has 4 heteroatoms. The highest BCUT2D eigenvalue weighted by Crippen LogP contribution is 2.37. The van der Waals surface area contributed by atoms with Gasteiger partial charge in [0.1, 0.15) is 0 Å². The molecule has 0 N–H and O–H groups in total. The quantitative estimate of drug-likeness (QED) is 0.175. The molecule has 0 spiro atoms. The van der Waals surface area contributed by atoms with Gasteiger partial charge in [-0.15, -0.1) is 0 Å². The van der Waals surface area contributed by atoms with Crippen LogP contribution in [0.4, 0.5) is 0 Å². The molecule has 0 saturated heterocycles. The smallest absolute Gasteiger partial charge is 0.164 e. The maximum Gasteiger partial charge on any atom is 0.164 e. The summed E-state index contributed by atoms with van der Waals surface area (Å²) in [5.74, 6) is 1.94. The molecular formula is C49H30N4. The van der Waals surface area contributed by atoms with Crippen molar-refractivity contribution in [2.24, 2.45) is 0 Å². The van der Waals surface area contributed by atoms with E-state index in [1.807, 2.05) is 18.2 Å². The molecule has 0 amide bonds. The predicted octanol–water partition coefficient (Wildman–Crippen LogP) is 12.6. The van der Waals surface area contributed by atoms with E-state index in [1.54, 1.807) is 0 Å². The van der Waals surface area contributed by atoms with Crippen LogP contribution in [0.2, 0.25) is 0 Å². The van der Waals surface area contributed by atoms with Crippen LogP contribution in [-0.2, 0) is 0 Å². The Bertz CT molecular complexity index is 3170. The van der Waals surface area contributed by atoms with E-state index in [2.05, 4.69) is 168 Å². The average Bonchev–Trinajstić information content (AvgIpc) is 3.57. The number of para-hydroxylation sites is 2. The third-order valence-corrected chi connectivity index (χ3v) is 10.6. The molecule has 2 aromatic heterocycles. The highest BCUT2D eigenvalue weighted by Gasteiger charge is 2.17. The van der Waals surface area contributed by atoms with Gasteiger partial charge < -0.3 is 4.57 Å². The third-order valence-electron chi connectivity index (χ3n) is 10.6. The number of benzene rings is 9. The molecule has 246 valence electrons. The monoisotopic (exact) mass is 674 g/mol. The molecule has 0 atom stereocenters. The summed E-state index contributed by atoms with van der Waals surface area (Å²) in [5.41, 5.74) is 6.36. The van der Waals surface area contributed by atoms with Crippen molar-refractivity contribution in [3.63, 3.8) is 0 Å². The Hall–Kier alpha value is -7.17. The highest BCUT2D eigenvalue weighted by molar-refractivity contribution is 6.20. The van der Waals surface area contributed by atoms with E-state index in [0.29, 0.717) is 17.5 Å². The largest absolute Gasteiger partial charge is 0.309 e. The van der Waals surface area contributed by atoms with Crippen molar-refractivity contribution < 1.29 is 0 Å². The van der Waals surface area contributed by atoms with Gasteiger partial charge in [-0.3, -0.25) is 0 Å². The van der Waals surface area contributed by atoms with Gasteiger partial charge in [0.15, 0.2) is 17.5 Å². The third kappa shape index (κ3) is 4.73. The molecule has 0 fully saturated rings. The number of fused-ring (bicyclic) bond motifs is 9. The van der Waals surface area contributed by atoms with E-state index in [9.17, 15) is 0 Å². The van der Waals surface area contributed by atoms with Crippen molar-refractivity contribution in [1.29, 1.82) is 0 Å². The molecule has 0 aliphatic rings. The van der Waals surface area contributed by atoms with Crippen LogP contribution in [-0.4, -0.2) is 19.5 Å². The van der Waals surface area contributed by atoms with Gasteiger partial charge in [-0.1, -0.05) is 152 Å². The minimum absolute atomic E-state index is 0.645. The maximum atomic E-state index is 5.23. The molecule has 11 aromatic rings. The lowest BCUT2D eigenvalue weighted by Crippen LogP contribution is -2.01. The van der Waals surface area contributed by atoms with Gasteiger partial charge in [0.25, 0.3) is 0 Å². The van der Waals surface area contributed by atoms with E-state index < -0.39 is 0 Å². The minimum atomic E-state index is 0.645. The molecule has 2 heterocycles. The second-order valence-corrected chi connectivity index (χ2v) is 13.6.